The summed E-state index contributed by atoms with van der Waals surface area (Å²) < 4.78 is 5.93. The highest BCUT2D eigenvalue weighted by molar-refractivity contribution is 5.94. The first kappa shape index (κ1) is 28.9. The summed E-state index contributed by atoms with van der Waals surface area (Å²) in [6, 6.07) is 10.3. The molecule has 1 aromatic heterocycles. The zero-order chi connectivity index (χ0) is 28.3. The van der Waals surface area contributed by atoms with Crippen LogP contribution in [-0.4, -0.2) is 67.7 Å². The largest absolute Gasteiger partial charge is 0.489 e. The van der Waals surface area contributed by atoms with Crippen LogP contribution >= 0.6 is 0 Å². The fraction of sp³-hybridized carbons (Fsp3) is 0.500. The molecule has 1 aromatic carbocycles. The number of carbonyl (C=O) groups excluding carboxylic acids is 2. The van der Waals surface area contributed by atoms with Crippen molar-refractivity contribution in [3.63, 3.8) is 0 Å². The van der Waals surface area contributed by atoms with Crippen molar-refractivity contribution in [3.05, 3.63) is 58.9 Å². The number of carboxylic acid groups (broad SMARTS) is 1. The molecule has 0 bridgehead atoms. The number of hydrogen-bond acceptors (Lipinski definition) is 6. The van der Waals surface area contributed by atoms with Crippen LogP contribution in [0.5, 0.6) is 5.75 Å². The Kier molecular flexibility index (Phi) is 8.66. The van der Waals surface area contributed by atoms with Gasteiger partial charge in [0.05, 0.1) is 5.41 Å². The molecule has 0 aliphatic carbocycles. The van der Waals surface area contributed by atoms with Gasteiger partial charge in [-0.25, -0.2) is 10.3 Å². The number of likely N-dealkylation sites (tertiary alicyclic amines) is 1. The summed E-state index contributed by atoms with van der Waals surface area (Å²) in [5.74, 6) is -0.326. The predicted molar refractivity (Wildman–Crippen MR) is 141 cm³/mol. The highest BCUT2D eigenvalue weighted by Crippen LogP contribution is 2.37. The molecular formula is C28H38N4O6. The standard InChI is InChI=1S/C28H38N4O6/c1-18-15-20(16-19(2)29-18)17-38-22-9-7-21(8-10-22)28(6)12-14-31(25(28)34)23(24(33)30-37)11-13-32(26(35)36)27(3,4)5/h7-10,15-16,23,37H,11-14,17H2,1-6H3,(H,30,33)(H,35,36). The molecule has 10 heteroatoms. The number of aryl methyl sites for hydroxylation is 2. The van der Waals surface area contributed by atoms with Crippen LogP contribution in [0.2, 0.25) is 0 Å². The van der Waals surface area contributed by atoms with Crippen LogP contribution in [0.25, 0.3) is 0 Å². The summed E-state index contributed by atoms with van der Waals surface area (Å²) >= 11 is 0. The zero-order valence-electron chi connectivity index (χ0n) is 22.9. The lowest BCUT2D eigenvalue weighted by Gasteiger charge is -2.35. The van der Waals surface area contributed by atoms with Gasteiger partial charge >= 0.3 is 6.09 Å². The summed E-state index contributed by atoms with van der Waals surface area (Å²) in [4.78, 5) is 44.9. The number of hydroxylamine groups is 1. The highest BCUT2D eigenvalue weighted by Gasteiger charge is 2.48. The van der Waals surface area contributed by atoms with E-state index in [0.717, 1.165) is 22.5 Å². The number of nitrogens with zero attached hydrogens (tertiary/aromatic N) is 3. The summed E-state index contributed by atoms with van der Waals surface area (Å²) in [5.41, 5.74) is 3.76. The first-order chi connectivity index (χ1) is 17.8. The van der Waals surface area contributed by atoms with Crippen molar-refractivity contribution < 1.29 is 29.4 Å². The summed E-state index contributed by atoms with van der Waals surface area (Å²) in [6.07, 6.45) is -0.591. The van der Waals surface area contributed by atoms with E-state index in [-0.39, 0.29) is 18.9 Å². The Balaban J connectivity index is 1.72. The Morgan fingerprint density at radius 2 is 1.79 bits per heavy atom. The van der Waals surface area contributed by atoms with Gasteiger partial charge in [0.2, 0.25) is 5.91 Å². The van der Waals surface area contributed by atoms with Crippen molar-refractivity contribution in [2.24, 2.45) is 0 Å². The number of amides is 3. The number of ether oxygens (including phenoxy) is 1. The maximum atomic E-state index is 13.6. The number of benzene rings is 1. The number of rotatable bonds is 9. The van der Waals surface area contributed by atoms with Crippen LogP contribution in [0.15, 0.2) is 36.4 Å². The molecule has 1 aliphatic heterocycles. The summed E-state index contributed by atoms with van der Waals surface area (Å²) in [7, 11) is 0. The van der Waals surface area contributed by atoms with Crippen LogP contribution in [-0.2, 0) is 21.6 Å². The van der Waals surface area contributed by atoms with Crippen LogP contribution in [0, 0.1) is 13.8 Å². The topological polar surface area (TPSA) is 132 Å². The van der Waals surface area contributed by atoms with Crippen molar-refractivity contribution in [2.75, 3.05) is 13.1 Å². The van der Waals surface area contributed by atoms with Gasteiger partial charge < -0.3 is 19.6 Å². The molecule has 2 heterocycles. The third-order valence-electron chi connectivity index (χ3n) is 7.08. The molecule has 1 fully saturated rings. The van der Waals surface area contributed by atoms with Crippen LogP contribution in [0.4, 0.5) is 4.79 Å². The molecule has 3 N–H and O–H groups in total. The minimum atomic E-state index is -1.12. The number of aromatic nitrogens is 1. The summed E-state index contributed by atoms with van der Waals surface area (Å²) in [5, 5.41) is 18.9. The smallest absolute Gasteiger partial charge is 0.407 e. The molecule has 2 aromatic rings. The zero-order valence-corrected chi connectivity index (χ0v) is 22.9. The Bertz CT molecular complexity index is 1160. The molecular weight excluding hydrogens is 488 g/mol. The molecule has 3 rings (SSSR count). The second kappa shape index (κ2) is 11.4. The summed E-state index contributed by atoms with van der Waals surface area (Å²) in [6.45, 7) is 11.7. The van der Waals surface area contributed by atoms with Crippen LogP contribution < -0.4 is 10.2 Å². The Hall–Kier alpha value is -3.66. The third kappa shape index (κ3) is 6.42. The first-order valence-electron chi connectivity index (χ1n) is 12.7. The average Bonchev–Trinajstić information content (AvgIpc) is 3.13. The van der Waals surface area contributed by atoms with E-state index in [1.165, 1.54) is 9.80 Å². The van der Waals surface area contributed by atoms with Crippen molar-refractivity contribution in [1.29, 1.82) is 0 Å². The van der Waals surface area contributed by atoms with Gasteiger partial charge in [0.25, 0.3) is 5.91 Å². The van der Waals surface area contributed by atoms with E-state index in [1.54, 1.807) is 26.3 Å². The van der Waals surface area contributed by atoms with Gasteiger partial charge in [-0.3, -0.25) is 19.8 Å². The van der Waals surface area contributed by atoms with Crippen LogP contribution in [0.3, 0.4) is 0 Å². The fourth-order valence-electron chi connectivity index (χ4n) is 5.00. The lowest BCUT2D eigenvalue weighted by atomic mass is 9.81. The average molecular weight is 527 g/mol. The second-order valence-corrected chi connectivity index (χ2v) is 11.0. The predicted octanol–water partition coefficient (Wildman–Crippen LogP) is 3.81. The van der Waals surface area contributed by atoms with Gasteiger partial charge in [0.15, 0.2) is 0 Å². The number of hydrogen-bond donors (Lipinski definition) is 3. The number of pyridine rings is 1. The minimum absolute atomic E-state index is 0.0278. The monoisotopic (exact) mass is 526 g/mol. The van der Waals surface area contributed by atoms with Crippen molar-refractivity contribution in [3.8, 4) is 5.75 Å². The maximum Gasteiger partial charge on any atom is 0.407 e. The SMILES string of the molecule is Cc1cc(COc2ccc(C3(C)CCN(C(CCN(C(=O)O)C(C)(C)C)C(=O)NO)C3=O)cc2)cc(C)n1. The Morgan fingerprint density at radius 1 is 1.18 bits per heavy atom. The van der Waals surface area contributed by atoms with Gasteiger partial charge in [0.1, 0.15) is 18.4 Å². The van der Waals surface area contributed by atoms with Crippen molar-refractivity contribution in [1.82, 2.24) is 20.3 Å². The van der Waals surface area contributed by atoms with Crippen molar-refractivity contribution >= 4 is 17.9 Å². The van der Waals surface area contributed by atoms with E-state index in [0.29, 0.717) is 25.3 Å². The van der Waals surface area contributed by atoms with Gasteiger partial charge in [-0.1, -0.05) is 12.1 Å². The quantitative estimate of drug-likeness (QED) is 0.334. The molecule has 2 atom stereocenters. The lowest BCUT2D eigenvalue weighted by Crippen LogP contribution is -2.52. The van der Waals surface area contributed by atoms with E-state index in [1.807, 2.05) is 57.2 Å². The third-order valence-corrected chi connectivity index (χ3v) is 7.08. The maximum absolute atomic E-state index is 13.6. The minimum Gasteiger partial charge on any atom is -0.489 e. The van der Waals surface area contributed by atoms with Crippen LogP contribution in [0.1, 0.15) is 63.1 Å². The highest BCUT2D eigenvalue weighted by atomic mass is 16.5. The molecule has 0 saturated carbocycles. The van der Waals surface area contributed by atoms with E-state index in [4.69, 9.17) is 4.74 Å². The normalized spacial score (nSPS) is 18.3. The van der Waals surface area contributed by atoms with E-state index in [9.17, 15) is 24.7 Å². The molecule has 2 unspecified atom stereocenters. The molecule has 206 valence electrons. The molecule has 1 aliphatic rings. The molecule has 0 radical (unpaired) electrons. The lowest BCUT2D eigenvalue weighted by molar-refractivity contribution is -0.144. The molecule has 3 amide bonds. The number of carbonyl (C=O) groups is 3. The van der Waals surface area contributed by atoms with Gasteiger partial charge in [-0.2, -0.15) is 0 Å². The molecule has 38 heavy (non-hydrogen) atoms. The second-order valence-electron chi connectivity index (χ2n) is 11.0. The molecule has 10 nitrogen and oxygen atoms in total. The Labute approximate surface area is 223 Å². The van der Waals surface area contributed by atoms with Crippen molar-refractivity contribution in [2.45, 2.75) is 78.0 Å². The van der Waals surface area contributed by atoms with E-state index < -0.39 is 29.0 Å². The fourth-order valence-corrected chi connectivity index (χ4v) is 5.00. The van der Waals surface area contributed by atoms with E-state index >= 15 is 0 Å². The molecule has 1 saturated heterocycles. The molecule has 0 spiro atoms. The van der Waals surface area contributed by atoms with Gasteiger partial charge in [-0.15, -0.1) is 0 Å². The van der Waals surface area contributed by atoms with E-state index in [2.05, 4.69) is 4.98 Å². The number of nitrogens with one attached hydrogen (secondary N) is 1. The van der Waals surface area contributed by atoms with Gasteiger partial charge in [0, 0.05) is 30.0 Å². The Morgan fingerprint density at radius 3 is 2.32 bits per heavy atom. The van der Waals surface area contributed by atoms with Gasteiger partial charge in [-0.05, 0) is 89.8 Å². The first-order valence-corrected chi connectivity index (χ1v) is 12.7.